The van der Waals surface area contributed by atoms with Crippen molar-refractivity contribution in [2.45, 2.75) is 25.9 Å². The molecule has 1 unspecified atom stereocenters. The number of allylic oxidation sites excluding steroid dienone is 2. The predicted molar refractivity (Wildman–Crippen MR) is 44.7 cm³/mol. The molecule has 0 saturated heterocycles. The highest BCUT2D eigenvalue weighted by Gasteiger charge is 2.09. The second kappa shape index (κ2) is 3.01. The molecule has 1 atom stereocenters. The van der Waals surface area contributed by atoms with Crippen molar-refractivity contribution in [2.24, 2.45) is 0 Å². The van der Waals surface area contributed by atoms with E-state index in [0.29, 0.717) is 5.21 Å². The summed E-state index contributed by atoms with van der Waals surface area (Å²) >= 11 is 0. The van der Waals surface area contributed by atoms with Gasteiger partial charge in [-0.15, -0.1) is 0 Å². The van der Waals surface area contributed by atoms with Gasteiger partial charge in [0.15, 0.2) is 0 Å². The van der Waals surface area contributed by atoms with Crippen molar-refractivity contribution in [1.29, 1.82) is 0 Å². The molecule has 0 amide bonds. The zero-order valence-corrected chi connectivity index (χ0v) is 6.36. The van der Waals surface area contributed by atoms with E-state index in [1.54, 1.807) is 0 Å². The minimum Gasteiger partial charge on any atom is -0.0981 e. The molecule has 0 fully saturated rings. The Morgan fingerprint density at radius 2 is 2.12 bits per heavy atom. The van der Waals surface area contributed by atoms with E-state index >= 15 is 0 Å². The molecule has 0 rings (SSSR count). The highest BCUT2D eigenvalue weighted by atomic mass is 13.9. The molecule has 0 nitrogen and oxygen atoms in total. The average Bonchev–Trinajstić information content (AvgIpc) is 1.67. The third-order valence-corrected chi connectivity index (χ3v) is 1.53. The van der Waals surface area contributed by atoms with Gasteiger partial charge in [0.25, 0.3) is 0 Å². The van der Waals surface area contributed by atoms with E-state index in [2.05, 4.69) is 40.7 Å². The van der Waals surface area contributed by atoms with Crippen molar-refractivity contribution < 1.29 is 0 Å². The van der Waals surface area contributed by atoms with Gasteiger partial charge < -0.3 is 0 Å². The summed E-state index contributed by atoms with van der Waals surface area (Å²) in [4.78, 5) is 0. The van der Waals surface area contributed by atoms with Crippen LogP contribution < -0.4 is 0 Å². The van der Waals surface area contributed by atoms with Gasteiger partial charge in [-0.3, -0.25) is 0 Å². The van der Waals surface area contributed by atoms with Gasteiger partial charge in [0.2, 0.25) is 0 Å². The summed E-state index contributed by atoms with van der Waals surface area (Å²) in [7, 11) is 3.46. The Labute approximate surface area is 54.0 Å². The zero-order chi connectivity index (χ0) is 6.62. The highest BCUT2D eigenvalue weighted by molar-refractivity contribution is 6.53. The van der Waals surface area contributed by atoms with Gasteiger partial charge in [-0.05, 0) is 6.92 Å². The van der Waals surface area contributed by atoms with E-state index in [1.165, 1.54) is 7.28 Å². The summed E-state index contributed by atoms with van der Waals surface area (Å²) < 4.78 is 0. The lowest BCUT2D eigenvalue weighted by Crippen LogP contribution is -2.10. The van der Waals surface area contributed by atoms with E-state index in [0.717, 1.165) is 0 Å². The normalized spacial score (nSPS) is 18.4. The summed E-state index contributed by atoms with van der Waals surface area (Å²) in [5.41, 5.74) is 0. The molecule has 0 bridgehead atoms. The molecule has 0 aromatic carbocycles. The van der Waals surface area contributed by atoms with Crippen LogP contribution in [0, 0.1) is 0 Å². The molecule has 0 heterocycles. The van der Waals surface area contributed by atoms with Crippen LogP contribution in [0.5, 0.6) is 0 Å². The Bertz CT molecular complexity index is 84.5. The summed E-state index contributed by atoms with van der Waals surface area (Å²) in [6.07, 6.45) is 4.36. The van der Waals surface area contributed by atoms with Crippen molar-refractivity contribution in [3.63, 3.8) is 0 Å². The summed E-state index contributed by atoms with van der Waals surface area (Å²) in [6, 6.07) is 0. The minimum atomic E-state index is 0.411. The molecule has 0 N–H and O–H groups in total. The van der Waals surface area contributed by atoms with E-state index in [9.17, 15) is 0 Å². The van der Waals surface area contributed by atoms with Crippen LogP contribution in [-0.4, -0.2) is 15.1 Å². The van der Waals surface area contributed by atoms with E-state index < -0.39 is 0 Å². The van der Waals surface area contributed by atoms with E-state index in [1.807, 2.05) is 0 Å². The molecule has 0 aliphatic heterocycles. The molecule has 0 aliphatic carbocycles. The summed E-state index contributed by atoms with van der Waals surface area (Å²) in [5.74, 6) is 0. The molecule has 0 radical (unpaired) electrons. The van der Waals surface area contributed by atoms with E-state index in [4.69, 9.17) is 0 Å². The van der Waals surface area contributed by atoms with Gasteiger partial charge in [0, 0.05) is 0 Å². The van der Waals surface area contributed by atoms with Crippen LogP contribution in [0.15, 0.2) is 12.2 Å². The van der Waals surface area contributed by atoms with Crippen molar-refractivity contribution in [1.82, 2.24) is 0 Å². The van der Waals surface area contributed by atoms with Crippen molar-refractivity contribution >= 4 is 15.1 Å². The number of hydrogen-bond donors (Lipinski definition) is 0. The zero-order valence-electron chi connectivity index (χ0n) is 6.36. The fourth-order valence-electron chi connectivity index (χ4n) is 0.569. The third kappa shape index (κ3) is 2.95. The Morgan fingerprint density at radius 1 is 1.62 bits per heavy atom. The lowest BCUT2D eigenvalue weighted by Gasteiger charge is -2.14. The SMILES string of the molecule is BC(C)(BC)C=CC. The second-order valence-electron chi connectivity index (χ2n) is 2.84. The standard InChI is InChI=1S/C6H14B2/c1-4-5-6(2,7)8-3/h4-5,8H,7H2,1-3H3. The van der Waals surface area contributed by atoms with Crippen LogP contribution in [0.25, 0.3) is 0 Å². The van der Waals surface area contributed by atoms with Gasteiger partial charge >= 0.3 is 0 Å². The number of rotatable bonds is 2. The minimum absolute atomic E-state index is 0.411. The molecule has 0 spiro atoms. The van der Waals surface area contributed by atoms with Gasteiger partial charge in [0.1, 0.15) is 15.1 Å². The third-order valence-electron chi connectivity index (χ3n) is 1.53. The lowest BCUT2D eigenvalue weighted by atomic mass is 9.44. The summed E-state index contributed by atoms with van der Waals surface area (Å²) in [6.45, 7) is 6.52. The first-order chi connectivity index (χ1) is 3.62. The molecule has 44 valence electrons. The van der Waals surface area contributed by atoms with Crippen LogP contribution in [0.3, 0.4) is 0 Å². The van der Waals surface area contributed by atoms with Crippen LogP contribution in [-0.2, 0) is 0 Å². The van der Waals surface area contributed by atoms with Gasteiger partial charge in [-0.2, -0.15) is 0 Å². The molecule has 0 saturated carbocycles. The average molecular weight is 108 g/mol. The lowest BCUT2D eigenvalue weighted by molar-refractivity contribution is 1.07. The molecule has 2 heteroatoms. The molecular weight excluding hydrogens is 93.7 g/mol. The van der Waals surface area contributed by atoms with Crippen molar-refractivity contribution in [2.75, 3.05) is 0 Å². The smallest absolute Gasteiger partial charge is 0.0981 e. The fourth-order valence-corrected chi connectivity index (χ4v) is 0.569. The molecule has 8 heavy (non-hydrogen) atoms. The largest absolute Gasteiger partial charge is 0.119 e. The first-order valence-corrected chi connectivity index (χ1v) is 3.26. The molecule has 0 aromatic heterocycles. The molecule has 0 aromatic rings. The Morgan fingerprint density at radius 3 is 2.25 bits per heavy atom. The maximum atomic E-state index is 2.24. The van der Waals surface area contributed by atoms with Gasteiger partial charge in [0.05, 0.1) is 0 Å². The van der Waals surface area contributed by atoms with Crippen molar-refractivity contribution in [3.8, 4) is 0 Å². The van der Waals surface area contributed by atoms with Crippen LogP contribution >= 0.6 is 0 Å². The second-order valence-corrected chi connectivity index (χ2v) is 2.84. The van der Waals surface area contributed by atoms with Crippen LogP contribution in [0.1, 0.15) is 13.8 Å². The fraction of sp³-hybridized carbons (Fsp3) is 0.667. The Hall–Kier alpha value is -0.130. The Kier molecular flexibility index (Phi) is 2.96. The summed E-state index contributed by atoms with van der Waals surface area (Å²) in [5, 5.41) is 0.411. The maximum absolute atomic E-state index is 2.24. The first kappa shape index (κ1) is 7.87. The number of hydrogen-bond acceptors (Lipinski definition) is 0. The van der Waals surface area contributed by atoms with Gasteiger partial charge in [-0.25, -0.2) is 0 Å². The topological polar surface area (TPSA) is 0 Å². The van der Waals surface area contributed by atoms with Crippen LogP contribution in [0.4, 0.5) is 0 Å². The Balaban J connectivity index is 3.71. The van der Waals surface area contributed by atoms with Crippen molar-refractivity contribution in [3.05, 3.63) is 12.2 Å². The first-order valence-electron chi connectivity index (χ1n) is 3.26. The monoisotopic (exact) mass is 108 g/mol. The maximum Gasteiger partial charge on any atom is 0.119 e. The highest BCUT2D eigenvalue weighted by Crippen LogP contribution is 2.18. The predicted octanol–water partition coefficient (Wildman–Crippen LogP) is 0.816. The molecule has 0 aliphatic rings. The van der Waals surface area contributed by atoms with E-state index in [-0.39, 0.29) is 0 Å². The molecular formula is C6H14B2. The van der Waals surface area contributed by atoms with Crippen LogP contribution in [0.2, 0.25) is 12.0 Å². The quantitative estimate of drug-likeness (QED) is 0.362. The van der Waals surface area contributed by atoms with Gasteiger partial charge in [-0.1, -0.05) is 31.1 Å².